The van der Waals surface area contributed by atoms with Crippen molar-refractivity contribution in [1.82, 2.24) is 20.2 Å². The highest BCUT2D eigenvalue weighted by Crippen LogP contribution is 2.17. The van der Waals surface area contributed by atoms with Crippen molar-refractivity contribution in [3.8, 4) is 17.0 Å². The summed E-state index contributed by atoms with van der Waals surface area (Å²) in [5.41, 5.74) is 8.19. The Morgan fingerprint density at radius 3 is 2.77 bits per heavy atom. The van der Waals surface area contributed by atoms with Crippen molar-refractivity contribution in [2.75, 3.05) is 20.2 Å². The number of primary amides is 1. The third kappa shape index (κ3) is 6.60. The van der Waals surface area contributed by atoms with Crippen molar-refractivity contribution in [2.45, 2.75) is 20.0 Å². The SMILES string of the molecule is CCNC(=NCc1cccc(OCC(N)=O)c1)N(C)Cc1ncc(-c2ccccc2)[nH]1. The first kappa shape index (κ1) is 21.9. The van der Waals surface area contributed by atoms with Crippen LogP contribution in [0.4, 0.5) is 0 Å². The van der Waals surface area contributed by atoms with Crippen LogP contribution in [0.15, 0.2) is 65.8 Å². The molecule has 0 aliphatic heterocycles. The summed E-state index contributed by atoms with van der Waals surface area (Å²) in [6, 6.07) is 17.6. The van der Waals surface area contributed by atoms with Crippen LogP contribution in [0.1, 0.15) is 18.3 Å². The summed E-state index contributed by atoms with van der Waals surface area (Å²) < 4.78 is 5.37. The molecular weight excluding hydrogens is 392 g/mol. The fourth-order valence-corrected chi connectivity index (χ4v) is 3.03. The zero-order valence-electron chi connectivity index (χ0n) is 17.8. The smallest absolute Gasteiger partial charge is 0.255 e. The van der Waals surface area contributed by atoms with Gasteiger partial charge in [-0.05, 0) is 30.2 Å². The molecule has 8 heteroatoms. The summed E-state index contributed by atoms with van der Waals surface area (Å²) in [6.07, 6.45) is 1.85. The molecule has 0 fully saturated rings. The molecule has 2 aromatic carbocycles. The quantitative estimate of drug-likeness (QED) is 0.364. The highest BCUT2D eigenvalue weighted by atomic mass is 16.5. The molecule has 0 aliphatic rings. The zero-order valence-corrected chi connectivity index (χ0v) is 17.8. The van der Waals surface area contributed by atoms with E-state index in [0.29, 0.717) is 18.8 Å². The monoisotopic (exact) mass is 420 g/mol. The first-order valence-corrected chi connectivity index (χ1v) is 10.1. The van der Waals surface area contributed by atoms with E-state index in [1.165, 1.54) is 0 Å². The molecule has 8 nitrogen and oxygen atoms in total. The van der Waals surface area contributed by atoms with E-state index in [1.54, 1.807) is 6.07 Å². The number of hydrogen-bond acceptors (Lipinski definition) is 4. The molecule has 1 aromatic heterocycles. The van der Waals surface area contributed by atoms with E-state index in [1.807, 2.05) is 73.6 Å². The number of carbonyl (C=O) groups is 1. The van der Waals surface area contributed by atoms with Gasteiger partial charge in [-0.25, -0.2) is 9.98 Å². The molecule has 31 heavy (non-hydrogen) atoms. The number of hydrogen-bond donors (Lipinski definition) is 3. The lowest BCUT2D eigenvalue weighted by Crippen LogP contribution is -2.38. The van der Waals surface area contributed by atoms with Gasteiger partial charge in [0.05, 0.1) is 25.0 Å². The van der Waals surface area contributed by atoms with Gasteiger partial charge in [0, 0.05) is 13.6 Å². The van der Waals surface area contributed by atoms with Gasteiger partial charge in [-0.15, -0.1) is 0 Å². The summed E-state index contributed by atoms with van der Waals surface area (Å²) in [6.45, 7) is 3.68. The van der Waals surface area contributed by atoms with Crippen molar-refractivity contribution >= 4 is 11.9 Å². The summed E-state index contributed by atoms with van der Waals surface area (Å²) in [4.78, 5) is 25.5. The van der Waals surface area contributed by atoms with Crippen LogP contribution in [0.3, 0.4) is 0 Å². The summed E-state index contributed by atoms with van der Waals surface area (Å²) >= 11 is 0. The molecule has 1 heterocycles. The minimum atomic E-state index is -0.507. The molecule has 0 saturated carbocycles. The van der Waals surface area contributed by atoms with E-state index in [9.17, 15) is 4.79 Å². The van der Waals surface area contributed by atoms with Gasteiger partial charge in [0.15, 0.2) is 12.6 Å². The minimum Gasteiger partial charge on any atom is -0.484 e. The molecule has 4 N–H and O–H groups in total. The molecule has 0 radical (unpaired) electrons. The number of H-pyrrole nitrogens is 1. The van der Waals surface area contributed by atoms with Crippen molar-refractivity contribution in [1.29, 1.82) is 0 Å². The maximum atomic E-state index is 10.9. The maximum absolute atomic E-state index is 10.9. The Morgan fingerprint density at radius 1 is 1.23 bits per heavy atom. The van der Waals surface area contributed by atoms with E-state index in [0.717, 1.165) is 35.1 Å². The fraction of sp³-hybridized carbons (Fsp3) is 0.261. The van der Waals surface area contributed by atoms with Gasteiger partial charge in [-0.2, -0.15) is 0 Å². The third-order valence-electron chi connectivity index (χ3n) is 4.49. The van der Waals surface area contributed by atoms with E-state index in [2.05, 4.69) is 15.3 Å². The lowest BCUT2D eigenvalue weighted by atomic mass is 10.2. The second-order valence-corrected chi connectivity index (χ2v) is 7.04. The van der Waals surface area contributed by atoms with Crippen LogP contribution in [-0.4, -0.2) is 46.9 Å². The summed E-state index contributed by atoms with van der Waals surface area (Å²) in [5.74, 6) is 1.71. The van der Waals surface area contributed by atoms with Gasteiger partial charge in [-0.3, -0.25) is 4.79 Å². The number of rotatable bonds is 9. The average Bonchev–Trinajstić information content (AvgIpc) is 3.24. The van der Waals surface area contributed by atoms with E-state index >= 15 is 0 Å². The number of aromatic nitrogens is 2. The molecule has 0 aliphatic carbocycles. The lowest BCUT2D eigenvalue weighted by molar-refractivity contribution is -0.119. The second kappa shape index (κ2) is 10.8. The zero-order chi connectivity index (χ0) is 22.1. The molecule has 3 rings (SSSR count). The number of ether oxygens (including phenoxy) is 1. The number of carbonyl (C=O) groups excluding carboxylic acids is 1. The molecule has 162 valence electrons. The van der Waals surface area contributed by atoms with Crippen molar-refractivity contribution in [2.24, 2.45) is 10.7 Å². The van der Waals surface area contributed by atoms with Crippen LogP contribution in [0, 0.1) is 0 Å². The van der Waals surface area contributed by atoms with Crippen LogP contribution in [0.2, 0.25) is 0 Å². The second-order valence-electron chi connectivity index (χ2n) is 7.04. The first-order chi connectivity index (χ1) is 15.0. The highest BCUT2D eigenvalue weighted by Gasteiger charge is 2.10. The molecule has 0 bridgehead atoms. The molecule has 0 saturated heterocycles. The van der Waals surface area contributed by atoms with Crippen molar-refractivity contribution < 1.29 is 9.53 Å². The third-order valence-corrected chi connectivity index (χ3v) is 4.49. The Morgan fingerprint density at radius 2 is 2.03 bits per heavy atom. The highest BCUT2D eigenvalue weighted by molar-refractivity contribution is 5.79. The van der Waals surface area contributed by atoms with Crippen molar-refractivity contribution in [3.63, 3.8) is 0 Å². The Kier molecular flexibility index (Phi) is 7.64. The molecule has 3 aromatic rings. The van der Waals surface area contributed by atoms with Gasteiger partial charge in [-0.1, -0.05) is 42.5 Å². The van der Waals surface area contributed by atoms with Gasteiger partial charge in [0.25, 0.3) is 5.91 Å². The lowest BCUT2D eigenvalue weighted by Gasteiger charge is -2.21. The number of benzene rings is 2. The van der Waals surface area contributed by atoms with Crippen molar-refractivity contribution in [3.05, 3.63) is 72.2 Å². The molecular formula is C23H28N6O2. The topological polar surface area (TPSA) is 109 Å². The molecule has 1 amide bonds. The Labute approximate surface area is 182 Å². The molecule has 0 atom stereocenters. The number of guanidine groups is 1. The Bertz CT molecular complexity index is 1020. The average molecular weight is 421 g/mol. The van der Waals surface area contributed by atoms with Crippen LogP contribution in [-0.2, 0) is 17.9 Å². The number of nitrogens with one attached hydrogen (secondary N) is 2. The predicted octanol–water partition coefficient (Wildman–Crippen LogP) is 2.54. The Balaban J connectivity index is 1.66. The maximum Gasteiger partial charge on any atom is 0.255 e. The van der Waals surface area contributed by atoms with Gasteiger partial charge >= 0.3 is 0 Å². The standard InChI is InChI=1S/C23H28N6O2/c1-3-25-23(27-13-17-8-7-11-19(12-17)31-16-21(24)30)29(2)15-22-26-14-20(28-22)18-9-5-4-6-10-18/h4-12,14H,3,13,15-16H2,1-2H3,(H2,24,30)(H,25,27)(H,26,28). The number of aliphatic imine (C=N–C) groups is 1. The number of nitrogens with two attached hydrogens (primary N) is 1. The van der Waals surface area contributed by atoms with Crippen LogP contribution in [0.5, 0.6) is 5.75 Å². The normalized spacial score (nSPS) is 11.2. The minimum absolute atomic E-state index is 0.147. The largest absolute Gasteiger partial charge is 0.484 e. The number of aromatic amines is 1. The van der Waals surface area contributed by atoms with E-state index in [-0.39, 0.29) is 6.61 Å². The summed E-state index contributed by atoms with van der Waals surface area (Å²) in [7, 11) is 1.97. The van der Waals surface area contributed by atoms with Crippen LogP contribution >= 0.6 is 0 Å². The summed E-state index contributed by atoms with van der Waals surface area (Å²) in [5, 5.41) is 3.31. The van der Waals surface area contributed by atoms with Gasteiger partial charge in [0.1, 0.15) is 11.6 Å². The number of nitrogens with zero attached hydrogens (tertiary/aromatic N) is 3. The first-order valence-electron chi connectivity index (χ1n) is 10.1. The fourth-order valence-electron chi connectivity index (χ4n) is 3.03. The molecule has 0 unspecified atom stereocenters. The van der Waals surface area contributed by atoms with Gasteiger partial charge < -0.3 is 25.7 Å². The van der Waals surface area contributed by atoms with Crippen LogP contribution < -0.4 is 15.8 Å². The number of imidazole rings is 1. The van der Waals surface area contributed by atoms with Gasteiger partial charge in [0.2, 0.25) is 0 Å². The van der Waals surface area contributed by atoms with E-state index in [4.69, 9.17) is 15.5 Å². The number of amides is 1. The van der Waals surface area contributed by atoms with Crippen LogP contribution in [0.25, 0.3) is 11.3 Å². The Hall–Kier alpha value is -3.81. The van der Waals surface area contributed by atoms with E-state index < -0.39 is 5.91 Å². The molecule has 0 spiro atoms. The predicted molar refractivity (Wildman–Crippen MR) is 121 cm³/mol.